The quantitative estimate of drug-likeness (QED) is 0.795. The zero-order chi connectivity index (χ0) is 18.7. The van der Waals surface area contributed by atoms with Gasteiger partial charge in [0.1, 0.15) is 5.52 Å². The van der Waals surface area contributed by atoms with E-state index in [4.69, 9.17) is 0 Å². The summed E-state index contributed by atoms with van der Waals surface area (Å²) in [7, 11) is 0. The van der Waals surface area contributed by atoms with E-state index in [0.717, 1.165) is 12.8 Å². The Bertz CT molecular complexity index is 871. The first-order valence-corrected chi connectivity index (χ1v) is 8.79. The van der Waals surface area contributed by atoms with Crippen molar-refractivity contribution in [3.8, 4) is 0 Å². The van der Waals surface area contributed by atoms with E-state index in [1.165, 1.54) is 11.6 Å². The second-order valence-electron chi connectivity index (χ2n) is 6.86. The van der Waals surface area contributed by atoms with Gasteiger partial charge in [-0.05, 0) is 50.7 Å². The highest BCUT2D eigenvalue weighted by atomic mass is 16.4. The molecule has 26 heavy (non-hydrogen) atoms. The van der Waals surface area contributed by atoms with Crippen molar-refractivity contribution >= 4 is 22.8 Å². The number of nitrogens with one attached hydrogen (secondary N) is 1. The minimum absolute atomic E-state index is 0.154. The largest absolute Gasteiger partial charge is 0.548 e. The number of carbonyl (C=O) groups is 2. The predicted octanol–water partition coefficient (Wildman–Crippen LogP) is -0.147. The van der Waals surface area contributed by atoms with Crippen LogP contribution in [0.4, 0.5) is 0 Å². The molecule has 8 nitrogen and oxygen atoms in total. The fourth-order valence-electron chi connectivity index (χ4n) is 3.38. The molecule has 1 saturated carbocycles. The molecule has 0 radical (unpaired) electrons. The Morgan fingerprint density at radius 3 is 2.65 bits per heavy atom. The van der Waals surface area contributed by atoms with Gasteiger partial charge in [0, 0.05) is 12.5 Å². The molecule has 1 aliphatic carbocycles. The highest BCUT2D eigenvalue weighted by Gasteiger charge is 2.27. The van der Waals surface area contributed by atoms with Crippen LogP contribution in [0.3, 0.4) is 0 Å². The average Bonchev–Trinajstić information content (AvgIpc) is 2.64. The van der Waals surface area contributed by atoms with Crippen molar-refractivity contribution in [3.63, 3.8) is 0 Å². The first-order valence-electron chi connectivity index (χ1n) is 8.79. The van der Waals surface area contributed by atoms with Crippen molar-refractivity contribution in [2.24, 2.45) is 11.8 Å². The summed E-state index contributed by atoms with van der Waals surface area (Å²) in [6.45, 7) is 1.87. The van der Waals surface area contributed by atoms with Crippen LogP contribution >= 0.6 is 0 Å². The van der Waals surface area contributed by atoms with E-state index >= 15 is 0 Å². The molecule has 2 aromatic rings. The van der Waals surface area contributed by atoms with Crippen LogP contribution < -0.4 is 16.0 Å². The monoisotopic (exact) mass is 357 g/mol. The van der Waals surface area contributed by atoms with Gasteiger partial charge in [0.15, 0.2) is 0 Å². The second-order valence-corrected chi connectivity index (χ2v) is 6.86. The molecule has 1 aromatic heterocycles. The normalized spacial score (nSPS) is 21.3. The standard InChI is InChI=1S/C18H22N4O4/c1-11(18(25)26)19-16(23)13-8-6-12(7-9-13)10-22-17(24)14-4-2-3-5-15(14)20-21-22/h2-5,11-13H,6-10H2,1H3,(H,19,23)(H,25,26)/p-1/t11-,12?,13?/m0/s1. The van der Waals surface area contributed by atoms with Crippen molar-refractivity contribution in [2.75, 3.05) is 0 Å². The summed E-state index contributed by atoms with van der Waals surface area (Å²) in [5, 5.41) is 21.8. The van der Waals surface area contributed by atoms with E-state index in [9.17, 15) is 19.5 Å². The molecule has 0 bridgehead atoms. The van der Waals surface area contributed by atoms with Crippen LogP contribution in [-0.4, -0.2) is 32.9 Å². The number of rotatable bonds is 5. The van der Waals surface area contributed by atoms with Crippen molar-refractivity contribution in [2.45, 2.75) is 45.2 Å². The van der Waals surface area contributed by atoms with Gasteiger partial charge >= 0.3 is 0 Å². The Balaban J connectivity index is 1.59. The highest BCUT2D eigenvalue weighted by Crippen LogP contribution is 2.29. The molecule has 1 aliphatic rings. The number of benzene rings is 1. The van der Waals surface area contributed by atoms with Gasteiger partial charge < -0.3 is 15.2 Å². The predicted molar refractivity (Wildman–Crippen MR) is 91.9 cm³/mol. The number of hydrogen-bond acceptors (Lipinski definition) is 6. The summed E-state index contributed by atoms with van der Waals surface area (Å²) >= 11 is 0. The van der Waals surface area contributed by atoms with Gasteiger partial charge in [0.2, 0.25) is 5.91 Å². The Morgan fingerprint density at radius 2 is 1.96 bits per heavy atom. The van der Waals surface area contributed by atoms with Crippen LogP contribution in [0.25, 0.3) is 10.9 Å². The lowest BCUT2D eigenvalue weighted by Gasteiger charge is -2.28. The topological polar surface area (TPSA) is 117 Å². The molecule has 0 spiro atoms. The van der Waals surface area contributed by atoms with E-state index in [0.29, 0.717) is 30.3 Å². The van der Waals surface area contributed by atoms with Crippen LogP contribution in [-0.2, 0) is 16.1 Å². The summed E-state index contributed by atoms with van der Waals surface area (Å²) in [4.78, 5) is 35.3. The number of hydrogen-bond donors (Lipinski definition) is 1. The summed E-state index contributed by atoms with van der Waals surface area (Å²) in [6.07, 6.45) is 2.87. The molecule has 138 valence electrons. The number of aliphatic carboxylic acids is 1. The Hall–Kier alpha value is -2.77. The molecule has 3 rings (SSSR count). The molecule has 1 N–H and O–H groups in total. The SMILES string of the molecule is C[C@H](NC(=O)C1CCC(Cn2nnc3ccccc3c2=O)CC1)C(=O)[O-]. The third-order valence-electron chi connectivity index (χ3n) is 4.99. The molecule has 1 aromatic carbocycles. The van der Waals surface area contributed by atoms with Gasteiger partial charge in [-0.2, -0.15) is 0 Å². The summed E-state index contributed by atoms with van der Waals surface area (Å²) in [5.41, 5.74) is 0.425. The van der Waals surface area contributed by atoms with Crippen LogP contribution in [0.2, 0.25) is 0 Å². The Morgan fingerprint density at radius 1 is 1.27 bits per heavy atom. The highest BCUT2D eigenvalue weighted by molar-refractivity contribution is 5.84. The van der Waals surface area contributed by atoms with Crippen LogP contribution in [0.15, 0.2) is 29.1 Å². The summed E-state index contributed by atoms with van der Waals surface area (Å²) in [5.74, 6) is -1.50. The van der Waals surface area contributed by atoms with E-state index in [-0.39, 0.29) is 23.3 Å². The number of fused-ring (bicyclic) bond motifs is 1. The molecule has 0 unspecified atom stereocenters. The van der Waals surface area contributed by atoms with E-state index in [1.54, 1.807) is 18.2 Å². The van der Waals surface area contributed by atoms with Crippen molar-refractivity contribution in [1.29, 1.82) is 0 Å². The third kappa shape index (κ3) is 3.89. The maximum absolute atomic E-state index is 12.5. The van der Waals surface area contributed by atoms with Gasteiger partial charge in [-0.1, -0.05) is 17.3 Å². The molecular formula is C18H21N4O4-. The summed E-state index contributed by atoms with van der Waals surface area (Å²) in [6, 6.07) is 6.11. The number of carboxylic acid groups (broad SMARTS) is 1. The lowest BCUT2D eigenvalue weighted by atomic mass is 9.81. The summed E-state index contributed by atoms with van der Waals surface area (Å²) < 4.78 is 1.39. The lowest BCUT2D eigenvalue weighted by molar-refractivity contribution is -0.307. The van der Waals surface area contributed by atoms with Crippen LogP contribution in [0.5, 0.6) is 0 Å². The smallest absolute Gasteiger partial charge is 0.277 e. The molecule has 0 aliphatic heterocycles. The Kier molecular flexibility index (Phi) is 5.29. The number of amides is 1. The molecular weight excluding hydrogens is 336 g/mol. The molecule has 1 heterocycles. The third-order valence-corrected chi connectivity index (χ3v) is 4.99. The van der Waals surface area contributed by atoms with Gasteiger partial charge in [0.05, 0.1) is 17.4 Å². The van der Waals surface area contributed by atoms with Gasteiger partial charge in [0.25, 0.3) is 5.56 Å². The van der Waals surface area contributed by atoms with Gasteiger partial charge in [-0.25, -0.2) is 4.68 Å². The minimum Gasteiger partial charge on any atom is -0.548 e. The van der Waals surface area contributed by atoms with E-state index < -0.39 is 12.0 Å². The fraction of sp³-hybridized carbons (Fsp3) is 0.500. The number of nitrogens with zero attached hydrogens (tertiary/aromatic N) is 3. The lowest BCUT2D eigenvalue weighted by Crippen LogP contribution is -2.48. The number of carbonyl (C=O) groups excluding carboxylic acids is 2. The van der Waals surface area contributed by atoms with E-state index in [2.05, 4.69) is 15.6 Å². The first kappa shape index (κ1) is 18.0. The second kappa shape index (κ2) is 7.63. The van der Waals surface area contributed by atoms with Gasteiger partial charge in [-0.15, -0.1) is 5.10 Å². The Labute approximate surface area is 150 Å². The van der Waals surface area contributed by atoms with Crippen LogP contribution in [0.1, 0.15) is 32.6 Å². The van der Waals surface area contributed by atoms with Crippen molar-refractivity contribution < 1.29 is 14.7 Å². The average molecular weight is 357 g/mol. The molecule has 1 atom stereocenters. The zero-order valence-corrected chi connectivity index (χ0v) is 14.6. The molecule has 8 heteroatoms. The first-order chi connectivity index (χ1) is 12.5. The fourth-order valence-corrected chi connectivity index (χ4v) is 3.38. The molecule has 0 saturated heterocycles. The number of aromatic nitrogens is 3. The minimum atomic E-state index is -1.29. The maximum atomic E-state index is 12.5. The van der Waals surface area contributed by atoms with E-state index in [1.807, 2.05) is 6.07 Å². The number of carboxylic acids is 1. The van der Waals surface area contributed by atoms with Gasteiger partial charge in [-0.3, -0.25) is 9.59 Å². The van der Waals surface area contributed by atoms with Crippen LogP contribution in [0, 0.1) is 11.8 Å². The van der Waals surface area contributed by atoms with Crippen molar-refractivity contribution in [1.82, 2.24) is 20.3 Å². The van der Waals surface area contributed by atoms with Crippen molar-refractivity contribution in [3.05, 3.63) is 34.6 Å². The maximum Gasteiger partial charge on any atom is 0.277 e. The molecule has 1 amide bonds. The zero-order valence-electron chi connectivity index (χ0n) is 14.6. The molecule has 1 fully saturated rings.